The quantitative estimate of drug-likeness (QED) is 0.205. The molecule has 11 heteroatoms. The summed E-state index contributed by atoms with van der Waals surface area (Å²) in [5.41, 5.74) is 2.93. The van der Waals surface area contributed by atoms with Crippen LogP contribution in [0.3, 0.4) is 0 Å². The molecule has 0 saturated heterocycles. The fourth-order valence-corrected chi connectivity index (χ4v) is 5.54. The van der Waals surface area contributed by atoms with Crippen molar-refractivity contribution >= 4 is 55.7 Å². The number of halogens is 1. The van der Waals surface area contributed by atoms with Crippen LogP contribution in [-0.4, -0.2) is 32.3 Å². The predicted molar refractivity (Wildman–Crippen MR) is 164 cm³/mol. The number of fused-ring (bicyclic) bond motifs is 3. The highest BCUT2D eigenvalue weighted by Gasteiger charge is 2.22. The summed E-state index contributed by atoms with van der Waals surface area (Å²) in [6.07, 6.45) is 3.72. The molecule has 6 rings (SSSR count). The Kier molecular flexibility index (Phi) is 6.80. The number of aromatic nitrogens is 4. The molecule has 6 aromatic rings. The smallest absolute Gasteiger partial charge is 0.324 e. The van der Waals surface area contributed by atoms with E-state index >= 15 is 0 Å². The maximum absolute atomic E-state index is 13.0. The molecule has 0 radical (unpaired) electrons. The van der Waals surface area contributed by atoms with E-state index in [0.29, 0.717) is 39.5 Å². The third kappa shape index (κ3) is 5.44. The summed E-state index contributed by atoms with van der Waals surface area (Å²) in [6.45, 7) is 6.18. The van der Waals surface area contributed by atoms with Gasteiger partial charge in [0.15, 0.2) is 4.96 Å². The van der Waals surface area contributed by atoms with E-state index in [-0.39, 0.29) is 5.41 Å². The van der Waals surface area contributed by atoms with Gasteiger partial charge in [0.1, 0.15) is 23.1 Å². The van der Waals surface area contributed by atoms with Crippen molar-refractivity contribution in [2.75, 3.05) is 17.7 Å². The maximum atomic E-state index is 13.0. The zero-order valence-corrected chi connectivity index (χ0v) is 24.4. The SMILES string of the molecule is COc1ccc(-n2nc(C(C)(C)C)cc2NC(=O)Nc2ccc(Oc3ccc4sc5nccn5c4c3)cc2)cc1Cl. The van der Waals surface area contributed by atoms with E-state index in [1.807, 2.05) is 53.1 Å². The molecule has 2 N–H and O–H groups in total. The van der Waals surface area contributed by atoms with Crippen molar-refractivity contribution in [3.05, 3.63) is 89.8 Å². The van der Waals surface area contributed by atoms with Crippen molar-refractivity contribution in [1.29, 1.82) is 0 Å². The third-order valence-electron chi connectivity index (χ3n) is 6.45. The molecule has 2 amide bonds. The van der Waals surface area contributed by atoms with Crippen molar-refractivity contribution in [1.82, 2.24) is 19.2 Å². The Morgan fingerprint density at radius 1 is 0.976 bits per heavy atom. The van der Waals surface area contributed by atoms with Crippen LogP contribution in [0.25, 0.3) is 20.9 Å². The van der Waals surface area contributed by atoms with Crippen LogP contribution in [0.4, 0.5) is 16.3 Å². The molecular weight excluding hydrogens is 560 g/mol. The number of benzene rings is 3. The number of thiazole rings is 1. The van der Waals surface area contributed by atoms with E-state index in [9.17, 15) is 4.79 Å². The number of rotatable bonds is 6. The van der Waals surface area contributed by atoms with Gasteiger partial charge in [-0.1, -0.05) is 43.7 Å². The number of hydrogen-bond acceptors (Lipinski definition) is 6. The number of carbonyl (C=O) groups is 1. The first-order chi connectivity index (χ1) is 19.7. The van der Waals surface area contributed by atoms with Gasteiger partial charge in [-0.2, -0.15) is 5.10 Å². The number of imidazole rings is 1. The molecule has 3 aromatic heterocycles. The van der Waals surface area contributed by atoms with Crippen molar-refractivity contribution in [3.63, 3.8) is 0 Å². The number of nitrogens with zero attached hydrogens (tertiary/aromatic N) is 4. The van der Waals surface area contributed by atoms with Crippen LogP contribution in [0.15, 0.2) is 79.1 Å². The van der Waals surface area contributed by atoms with Gasteiger partial charge in [0, 0.05) is 35.6 Å². The number of carbonyl (C=O) groups excluding carboxylic acids is 1. The van der Waals surface area contributed by atoms with Crippen molar-refractivity contribution < 1.29 is 14.3 Å². The standard InChI is InChI=1S/C30H27ClN6O3S/c1-30(2,3)26-17-27(37(35-26)19-7-11-24(39-4)22(31)15-19)34-28(38)33-18-5-8-20(9-6-18)40-21-10-12-25-23(16-21)36-14-13-32-29(36)41-25/h5-17H,1-4H3,(H2,33,34,38). The van der Waals surface area contributed by atoms with Crippen LogP contribution >= 0.6 is 22.9 Å². The summed E-state index contributed by atoms with van der Waals surface area (Å²) in [4.78, 5) is 18.3. The minimum atomic E-state index is -0.410. The number of anilines is 2. The van der Waals surface area contributed by atoms with Gasteiger partial charge in [0.05, 0.1) is 33.7 Å². The molecule has 0 atom stereocenters. The molecule has 0 bridgehead atoms. The zero-order chi connectivity index (χ0) is 28.7. The maximum Gasteiger partial charge on any atom is 0.324 e. The second-order valence-corrected chi connectivity index (χ2v) is 11.8. The molecule has 3 heterocycles. The summed E-state index contributed by atoms with van der Waals surface area (Å²) >= 11 is 7.99. The van der Waals surface area contributed by atoms with Crippen LogP contribution in [0.5, 0.6) is 17.2 Å². The van der Waals surface area contributed by atoms with Gasteiger partial charge >= 0.3 is 6.03 Å². The summed E-state index contributed by atoms with van der Waals surface area (Å²) in [5, 5.41) is 11.0. The summed E-state index contributed by atoms with van der Waals surface area (Å²) in [7, 11) is 1.56. The molecule has 0 saturated carbocycles. The lowest BCUT2D eigenvalue weighted by Gasteiger charge is -2.14. The van der Waals surface area contributed by atoms with Gasteiger partial charge in [0.2, 0.25) is 0 Å². The number of ether oxygens (including phenoxy) is 2. The summed E-state index contributed by atoms with van der Waals surface area (Å²) < 4.78 is 16.2. The van der Waals surface area contributed by atoms with Crippen molar-refractivity contribution in [3.8, 4) is 22.9 Å². The first-order valence-electron chi connectivity index (χ1n) is 12.8. The van der Waals surface area contributed by atoms with Crippen molar-refractivity contribution in [2.45, 2.75) is 26.2 Å². The Labute approximate surface area is 245 Å². The lowest BCUT2D eigenvalue weighted by Crippen LogP contribution is -2.21. The third-order valence-corrected chi connectivity index (χ3v) is 7.79. The summed E-state index contributed by atoms with van der Waals surface area (Å²) in [6, 6.07) is 19.9. The average Bonchev–Trinajstić information content (AvgIpc) is 3.65. The van der Waals surface area contributed by atoms with Gasteiger partial charge in [-0.3, -0.25) is 9.72 Å². The van der Waals surface area contributed by atoms with Gasteiger partial charge in [0.25, 0.3) is 0 Å². The molecule has 0 spiro atoms. The lowest BCUT2D eigenvalue weighted by atomic mass is 9.92. The first kappa shape index (κ1) is 26.7. The normalized spacial score (nSPS) is 11.6. The first-order valence-corrected chi connectivity index (χ1v) is 14.0. The minimum Gasteiger partial charge on any atom is -0.495 e. The Hall–Kier alpha value is -4.54. The number of hydrogen-bond donors (Lipinski definition) is 2. The van der Waals surface area contributed by atoms with Crippen LogP contribution in [-0.2, 0) is 5.41 Å². The molecule has 0 aliphatic heterocycles. The Bertz CT molecular complexity index is 1880. The van der Waals surface area contributed by atoms with Gasteiger partial charge in [-0.25, -0.2) is 14.5 Å². The number of amides is 2. The van der Waals surface area contributed by atoms with E-state index in [4.69, 9.17) is 26.2 Å². The van der Waals surface area contributed by atoms with Gasteiger partial charge < -0.3 is 14.8 Å². The van der Waals surface area contributed by atoms with Gasteiger partial charge in [-0.05, 0) is 54.6 Å². The number of methoxy groups -OCH3 is 1. The van der Waals surface area contributed by atoms with Crippen LogP contribution < -0.4 is 20.1 Å². The Balaban J connectivity index is 1.17. The zero-order valence-electron chi connectivity index (χ0n) is 22.8. The number of urea groups is 1. The minimum absolute atomic E-state index is 0.233. The molecular formula is C30H27ClN6O3S. The molecule has 9 nitrogen and oxygen atoms in total. The average molecular weight is 587 g/mol. The van der Waals surface area contributed by atoms with Crippen LogP contribution in [0.2, 0.25) is 5.02 Å². The Morgan fingerprint density at radius 3 is 2.49 bits per heavy atom. The highest BCUT2D eigenvalue weighted by Crippen LogP contribution is 2.32. The largest absolute Gasteiger partial charge is 0.495 e. The monoisotopic (exact) mass is 586 g/mol. The van der Waals surface area contributed by atoms with Crippen LogP contribution in [0.1, 0.15) is 26.5 Å². The van der Waals surface area contributed by atoms with Crippen molar-refractivity contribution in [2.24, 2.45) is 0 Å². The van der Waals surface area contributed by atoms with E-state index in [0.717, 1.165) is 20.9 Å². The molecule has 41 heavy (non-hydrogen) atoms. The van der Waals surface area contributed by atoms with E-state index in [1.165, 1.54) is 0 Å². The highest BCUT2D eigenvalue weighted by molar-refractivity contribution is 7.23. The predicted octanol–water partition coefficient (Wildman–Crippen LogP) is 8.13. The molecule has 208 valence electrons. The molecule has 0 unspecified atom stereocenters. The van der Waals surface area contributed by atoms with E-state index in [1.54, 1.807) is 53.6 Å². The van der Waals surface area contributed by atoms with E-state index in [2.05, 4.69) is 36.4 Å². The second kappa shape index (κ2) is 10.5. The van der Waals surface area contributed by atoms with E-state index < -0.39 is 6.03 Å². The lowest BCUT2D eigenvalue weighted by molar-refractivity contribution is 0.262. The Morgan fingerprint density at radius 2 is 1.76 bits per heavy atom. The molecule has 3 aromatic carbocycles. The summed E-state index contributed by atoms with van der Waals surface area (Å²) in [5.74, 6) is 2.42. The van der Waals surface area contributed by atoms with Gasteiger partial charge in [-0.15, -0.1) is 0 Å². The second-order valence-electron chi connectivity index (χ2n) is 10.4. The fraction of sp³-hybridized carbons (Fsp3) is 0.167. The van der Waals surface area contributed by atoms with Crippen LogP contribution in [0, 0.1) is 0 Å². The fourth-order valence-electron chi connectivity index (χ4n) is 4.32. The highest BCUT2D eigenvalue weighted by atomic mass is 35.5. The number of nitrogens with one attached hydrogen (secondary N) is 2. The molecule has 0 aliphatic rings. The molecule has 0 fully saturated rings. The topological polar surface area (TPSA) is 94.7 Å². The molecule has 0 aliphatic carbocycles.